The summed E-state index contributed by atoms with van der Waals surface area (Å²) in [4.78, 5) is 0. The van der Waals surface area contributed by atoms with E-state index in [9.17, 15) is 5.11 Å². The molecule has 0 aromatic rings. The third-order valence-corrected chi connectivity index (χ3v) is 4.61. The lowest BCUT2D eigenvalue weighted by molar-refractivity contribution is -0.0649. The average Bonchev–Trinajstić information content (AvgIpc) is 2.13. The molecular formula is C13H22O. The summed E-state index contributed by atoms with van der Waals surface area (Å²) in [5, 5.41) is 10.4. The van der Waals surface area contributed by atoms with Crippen LogP contribution in [0.4, 0.5) is 0 Å². The van der Waals surface area contributed by atoms with E-state index in [2.05, 4.69) is 19.9 Å². The van der Waals surface area contributed by atoms with Gasteiger partial charge in [-0.2, -0.15) is 0 Å². The molecule has 1 fully saturated rings. The standard InChI is InChI=1S/C13H22O/c1-12(2)11-7-5-4-6-10(11)8-9-13(12,3)14/h7,10,14H,4-6,8-9H2,1-3H3. The van der Waals surface area contributed by atoms with E-state index in [0.29, 0.717) is 0 Å². The molecule has 0 spiro atoms. The zero-order valence-corrected chi connectivity index (χ0v) is 9.64. The Kier molecular flexibility index (Phi) is 2.26. The molecule has 2 aliphatic rings. The van der Waals surface area contributed by atoms with Gasteiger partial charge in [0.15, 0.2) is 0 Å². The second-order valence-corrected chi connectivity index (χ2v) is 5.72. The van der Waals surface area contributed by atoms with Crippen LogP contribution in [0.2, 0.25) is 0 Å². The molecule has 0 radical (unpaired) electrons. The highest BCUT2D eigenvalue weighted by Gasteiger charge is 2.48. The van der Waals surface area contributed by atoms with Gasteiger partial charge in [0.2, 0.25) is 0 Å². The molecule has 2 unspecified atom stereocenters. The van der Waals surface area contributed by atoms with Crippen LogP contribution in [0.3, 0.4) is 0 Å². The molecule has 1 saturated carbocycles. The molecule has 14 heavy (non-hydrogen) atoms. The van der Waals surface area contributed by atoms with Crippen molar-refractivity contribution < 1.29 is 5.11 Å². The first-order chi connectivity index (χ1) is 6.45. The van der Waals surface area contributed by atoms with Crippen molar-refractivity contribution in [2.75, 3.05) is 0 Å². The fraction of sp³-hybridized carbons (Fsp3) is 0.846. The van der Waals surface area contributed by atoms with E-state index in [4.69, 9.17) is 0 Å². The lowest BCUT2D eigenvalue weighted by Crippen LogP contribution is -2.49. The van der Waals surface area contributed by atoms with Gasteiger partial charge in [-0.25, -0.2) is 0 Å². The molecule has 2 aliphatic carbocycles. The number of fused-ring (bicyclic) bond motifs is 1. The maximum Gasteiger partial charge on any atom is 0.0707 e. The van der Waals surface area contributed by atoms with Crippen LogP contribution in [-0.4, -0.2) is 10.7 Å². The SMILES string of the molecule is CC1(O)CCC2CCCC=C2C1(C)C. The zero-order chi connectivity index (χ0) is 10.4. The highest BCUT2D eigenvalue weighted by Crippen LogP contribution is 2.52. The molecule has 1 nitrogen and oxygen atoms in total. The fourth-order valence-electron chi connectivity index (χ4n) is 3.09. The van der Waals surface area contributed by atoms with Crippen LogP contribution < -0.4 is 0 Å². The van der Waals surface area contributed by atoms with Crippen molar-refractivity contribution in [2.24, 2.45) is 11.3 Å². The summed E-state index contributed by atoms with van der Waals surface area (Å²) in [5.41, 5.74) is 1.00. The normalized spacial score (nSPS) is 41.4. The highest BCUT2D eigenvalue weighted by molar-refractivity contribution is 5.25. The zero-order valence-electron chi connectivity index (χ0n) is 9.64. The second kappa shape index (κ2) is 3.10. The van der Waals surface area contributed by atoms with Crippen molar-refractivity contribution >= 4 is 0 Å². The number of hydrogen-bond acceptors (Lipinski definition) is 1. The van der Waals surface area contributed by atoms with E-state index in [0.717, 1.165) is 12.3 Å². The Bertz CT molecular complexity index is 260. The van der Waals surface area contributed by atoms with Gasteiger partial charge in [-0.3, -0.25) is 0 Å². The summed E-state index contributed by atoms with van der Waals surface area (Å²) >= 11 is 0. The van der Waals surface area contributed by atoms with E-state index in [1.165, 1.54) is 31.3 Å². The van der Waals surface area contributed by atoms with Crippen LogP contribution in [0.15, 0.2) is 11.6 Å². The minimum absolute atomic E-state index is 0.0175. The smallest absolute Gasteiger partial charge is 0.0707 e. The summed E-state index contributed by atoms with van der Waals surface area (Å²) in [5.74, 6) is 0.763. The topological polar surface area (TPSA) is 20.2 Å². The van der Waals surface area contributed by atoms with Crippen molar-refractivity contribution in [3.05, 3.63) is 11.6 Å². The van der Waals surface area contributed by atoms with Crippen molar-refractivity contribution in [2.45, 2.75) is 58.5 Å². The maximum absolute atomic E-state index is 10.4. The number of hydrogen-bond donors (Lipinski definition) is 1. The molecule has 0 bridgehead atoms. The molecule has 0 amide bonds. The predicted molar refractivity (Wildman–Crippen MR) is 59.1 cm³/mol. The molecule has 1 N–H and O–H groups in total. The molecule has 2 atom stereocenters. The van der Waals surface area contributed by atoms with E-state index < -0.39 is 5.60 Å². The highest BCUT2D eigenvalue weighted by atomic mass is 16.3. The minimum atomic E-state index is -0.507. The Hall–Kier alpha value is -0.300. The lowest BCUT2D eigenvalue weighted by Gasteiger charge is -2.50. The first-order valence-electron chi connectivity index (χ1n) is 5.88. The Balaban J connectivity index is 2.35. The van der Waals surface area contributed by atoms with Gasteiger partial charge in [0, 0.05) is 5.41 Å². The van der Waals surface area contributed by atoms with Gasteiger partial charge in [-0.15, -0.1) is 0 Å². The van der Waals surface area contributed by atoms with Crippen LogP contribution in [0.25, 0.3) is 0 Å². The first-order valence-corrected chi connectivity index (χ1v) is 5.88. The summed E-state index contributed by atoms with van der Waals surface area (Å²) in [7, 11) is 0. The largest absolute Gasteiger partial charge is 0.389 e. The van der Waals surface area contributed by atoms with Crippen molar-refractivity contribution in [1.29, 1.82) is 0 Å². The minimum Gasteiger partial charge on any atom is -0.389 e. The fourth-order valence-corrected chi connectivity index (χ4v) is 3.09. The Morgan fingerprint density at radius 1 is 1.29 bits per heavy atom. The van der Waals surface area contributed by atoms with Crippen molar-refractivity contribution in [3.8, 4) is 0 Å². The summed E-state index contributed by atoms with van der Waals surface area (Å²) < 4.78 is 0. The average molecular weight is 194 g/mol. The van der Waals surface area contributed by atoms with Crippen LogP contribution in [0.5, 0.6) is 0 Å². The molecule has 0 saturated heterocycles. The maximum atomic E-state index is 10.4. The van der Waals surface area contributed by atoms with E-state index in [1.807, 2.05) is 6.92 Å². The van der Waals surface area contributed by atoms with Crippen molar-refractivity contribution in [3.63, 3.8) is 0 Å². The third-order valence-electron chi connectivity index (χ3n) is 4.61. The Morgan fingerprint density at radius 3 is 2.71 bits per heavy atom. The Labute approximate surface area is 87.2 Å². The van der Waals surface area contributed by atoms with E-state index in [-0.39, 0.29) is 5.41 Å². The van der Waals surface area contributed by atoms with Crippen LogP contribution in [-0.2, 0) is 0 Å². The van der Waals surface area contributed by atoms with E-state index in [1.54, 1.807) is 0 Å². The van der Waals surface area contributed by atoms with Gasteiger partial charge in [-0.1, -0.05) is 25.5 Å². The summed E-state index contributed by atoms with van der Waals surface area (Å²) in [6, 6.07) is 0. The van der Waals surface area contributed by atoms with Gasteiger partial charge < -0.3 is 5.11 Å². The number of aliphatic hydroxyl groups is 1. The third kappa shape index (κ3) is 1.33. The molecule has 0 aromatic heterocycles. The second-order valence-electron chi connectivity index (χ2n) is 5.72. The molecule has 2 rings (SSSR count). The lowest BCUT2D eigenvalue weighted by atomic mass is 9.57. The van der Waals surface area contributed by atoms with Gasteiger partial charge in [-0.05, 0) is 44.9 Å². The summed E-state index contributed by atoms with van der Waals surface area (Å²) in [6.45, 7) is 6.41. The van der Waals surface area contributed by atoms with Crippen LogP contribution >= 0.6 is 0 Å². The molecule has 1 heteroatoms. The Morgan fingerprint density at radius 2 is 2.00 bits per heavy atom. The van der Waals surface area contributed by atoms with Gasteiger partial charge in [0.05, 0.1) is 5.60 Å². The molecule has 0 aliphatic heterocycles. The summed E-state index contributed by atoms with van der Waals surface area (Å²) in [6.07, 6.45) is 8.43. The van der Waals surface area contributed by atoms with Crippen molar-refractivity contribution in [1.82, 2.24) is 0 Å². The molecule has 0 aromatic carbocycles. The molecular weight excluding hydrogens is 172 g/mol. The van der Waals surface area contributed by atoms with Crippen LogP contribution in [0, 0.1) is 11.3 Å². The number of rotatable bonds is 0. The van der Waals surface area contributed by atoms with Gasteiger partial charge in [0.1, 0.15) is 0 Å². The quantitative estimate of drug-likeness (QED) is 0.587. The van der Waals surface area contributed by atoms with E-state index >= 15 is 0 Å². The first kappa shape index (κ1) is 10.2. The predicted octanol–water partition coefficient (Wildman–Crippen LogP) is 3.28. The monoisotopic (exact) mass is 194 g/mol. The van der Waals surface area contributed by atoms with Gasteiger partial charge >= 0.3 is 0 Å². The number of allylic oxidation sites excluding steroid dienone is 1. The molecule has 0 heterocycles. The van der Waals surface area contributed by atoms with Gasteiger partial charge in [0.25, 0.3) is 0 Å². The van der Waals surface area contributed by atoms with Crippen LogP contribution in [0.1, 0.15) is 52.9 Å². The molecule has 80 valence electrons.